The standard InChI is InChI=1S/C17H24N4O2S2/c1-12-4-5-13-14(10-12)24-17-15(13)16(18-11-19-17)20-6-3-7-21(9-8-20)25(2,22)23/h11-12H,3-10H2,1-2H3/t12-/m0/s1. The number of aryl methyl sites for hydroxylation is 1. The maximum Gasteiger partial charge on any atom is 0.211 e. The first kappa shape index (κ1) is 17.2. The molecule has 8 heteroatoms. The Kier molecular flexibility index (Phi) is 4.45. The molecule has 1 aliphatic carbocycles. The van der Waals surface area contributed by atoms with Crippen LogP contribution in [0.4, 0.5) is 5.82 Å². The van der Waals surface area contributed by atoms with Crippen molar-refractivity contribution in [3.05, 3.63) is 16.8 Å². The van der Waals surface area contributed by atoms with E-state index in [1.807, 2.05) is 11.3 Å². The Morgan fingerprint density at radius 2 is 2.04 bits per heavy atom. The number of aromatic nitrogens is 2. The number of sulfonamides is 1. The zero-order valence-corrected chi connectivity index (χ0v) is 16.4. The van der Waals surface area contributed by atoms with Gasteiger partial charge in [-0.3, -0.25) is 0 Å². The van der Waals surface area contributed by atoms with E-state index in [2.05, 4.69) is 21.8 Å². The van der Waals surface area contributed by atoms with Gasteiger partial charge in [0.25, 0.3) is 0 Å². The average Bonchev–Trinajstić information content (AvgIpc) is 2.75. The fraction of sp³-hybridized carbons (Fsp3) is 0.647. The minimum atomic E-state index is -3.13. The molecule has 3 heterocycles. The number of thiophene rings is 1. The minimum Gasteiger partial charge on any atom is -0.355 e. The topological polar surface area (TPSA) is 66.4 Å². The number of hydrogen-bond donors (Lipinski definition) is 0. The molecule has 2 aliphatic rings. The molecule has 0 aromatic carbocycles. The van der Waals surface area contributed by atoms with Gasteiger partial charge in [-0.05, 0) is 37.2 Å². The van der Waals surface area contributed by atoms with E-state index in [9.17, 15) is 8.42 Å². The highest BCUT2D eigenvalue weighted by atomic mass is 32.2. The molecule has 0 amide bonds. The molecule has 0 N–H and O–H groups in total. The molecule has 0 saturated carbocycles. The zero-order chi connectivity index (χ0) is 17.6. The van der Waals surface area contributed by atoms with Gasteiger partial charge in [-0.25, -0.2) is 22.7 Å². The third-order valence-electron chi connectivity index (χ3n) is 5.30. The van der Waals surface area contributed by atoms with Crippen molar-refractivity contribution < 1.29 is 8.42 Å². The van der Waals surface area contributed by atoms with E-state index in [-0.39, 0.29) is 0 Å². The van der Waals surface area contributed by atoms with Crippen LogP contribution < -0.4 is 4.90 Å². The summed E-state index contributed by atoms with van der Waals surface area (Å²) in [5, 5.41) is 1.21. The predicted molar refractivity (Wildman–Crippen MR) is 102 cm³/mol. The summed E-state index contributed by atoms with van der Waals surface area (Å²) < 4.78 is 25.3. The highest BCUT2D eigenvalue weighted by Gasteiger charge is 2.27. The predicted octanol–water partition coefficient (Wildman–Crippen LogP) is 2.29. The van der Waals surface area contributed by atoms with E-state index in [0.29, 0.717) is 19.6 Å². The molecule has 1 atom stereocenters. The first-order chi connectivity index (χ1) is 11.9. The maximum absolute atomic E-state index is 11.9. The molecule has 1 fully saturated rings. The van der Waals surface area contributed by atoms with Gasteiger partial charge in [0.05, 0.1) is 11.6 Å². The largest absolute Gasteiger partial charge is 0.355 e. The second-order valence-corrected chi connectivity index (χ2v) is 10.3. The molecule has 2 aromatic heterocycles. The van der Waals surface area contributed by atoms with Crippen LogP contribution in [-0.4, -0.2) is 55.1 Å². The summed E-state index contributed by atoms with van der Waals surface area (Å²) in [6.45, 7) is 4.93. The van der Waals surface area contributed by atoms with Gasteiger partial charge in [0.1, 0.15) is 17.0 Å². The van der Waals surface area contributed by atoms with Gasteiger partial charge in [0.15, 0.2) is 0 Å². The number of hydrogen-bond acceptors (Lipinski definition) is 6. The number of anilines is 1. The van der Waals surface area contributed by atoms with Crippen LogP contribution in [-0.2, 0) is 22.9 Å². The fourth-order valence-electron chi connectivity index (χ4n) is 3.94. The molecule has 136 valence electrons. The Labute approximate surface area is 152 Å². The number of nitrogens with zero attached hydrogens (tertiary/aromatic N) is 4. The van der Waals surface area contributed by atoms with Crippen LogP contribution in [0.3, 0.4) is 0 Å². The van der Waals surface area contributed by atoms with Gasteiger partial charge in [-0.15, -0.1) is 11.3 Å². The molecule has 25 heavy (non-hydrogen) atoms. The SMILES string of the molecule is C[C@H]1CCc2c(sc3ncnc(N4CCCN(S(C)(=O)=O)CC4)c23)C1. The summed E-state index contributed by atoms with van der Waals surface area (Å²) in [6.07, 6.45) is 7.22. The summed E-state index contributed by atoms with van der Waals surface area (Å²) in [4.78, 5) is 13.9. The van der Waals surface area contributed by atoms with Gasteiger partial charge in [0, 0.05) is 31.1 Å². The summed E-state index contributed by atoms with van der Waals surface area (Å²) in [6, 6.07) is 0. The molecule has 1 aliphatic heterocycles. The van der Waals surface area contributed by atoms with Crippen molar-refractivity contribution in [3.63, 3.8) is 0 Å². The molecule has 1 saturated heterocycles. The van der Waals surface area contributed by atoms with Gasteiger partial charge in [0.2, 0.25) is 10.0 Å². The van der Waals surface area contributed by atoms with Crippen LogP contribution >= 0.6 is 11.3 Å². The quantitative estimate of drug-likeness (QED) is 0.800. The Balaban J connectivity index is 1.70. The van der Waals surface area contributed by atoms with E-state index in [0.717, 1.165) is 42.4 Å². The van der Waals surface area contributed by atoms with Crippen molar-refractivity contribution in [2.45, 2.75) is 32.6 Å². The Hall–Kier alpha value is -1.25. The first-order valence-electron chi connectivity index (χ1n) is 8.89. The van der Waals surface area contributed by atoms with Crippen LogP contribution in [0.15, 0.2) is 6.33 Å². The molecule has 0 unspecified atom stereocenters. The average molecular weight is 381 g/mol. The lowest BCUT2D eigenvalue weighted by Gasteiger charge is -2.24. The van der Waals surface area contributed by atoms with E-state index >= 15 is 0 Å². The van der Waals surface area contributed by atoms with Crippen LogP contribution in [0, 0.1) is 5.92 Å². The monoisotopic (exact) mass is 380 g/mol. The van der Waals surface area contributed by atoms with Crippen LogP contribution in [0.25, 0.3) is 10.2 Å². The van der Waals surface area contributed by atoms with E-state index < -0.39 is 10.0 Å². The molecular weight excluding hydrogens is 356 g/mol. The van der Waals surface area contributed by atoms with E-state index in [4.69, 9.17) is 0 Å². The number of fused-ring (bicyclic) bond motifs is 3. The van der Waals surface area contributed by atoms with Crippen LogP contribution in [0.2, 0.25) is 0 Å². The lowest BCUT2D eigenvalue weighted by Crippen LogP contribution is -2.34. The molecular formula is C17H24N4O2S2. The summed E-state index contributed by atoms with van der Waals surface area (Å²) in [5.41, 5.74) is 1.43. The van der Waals surface area contributed by atoms with Crippen molar-refractivity contribution >= 4 is 37.4 Å². The third-order valence-corrected chi connectivity index (χ3v) is 7.76. The zero-order valence-electron chi connectivity index (χ0n) is 14.7. The Morgan fingerprint density at radius 1 is 1.20 bits per heavy atom. The molecule has 0 bridgehead atoms. The second-order valence-electron chi connectivity index (χ2n) is 7.23. The number of rotatable bonds is 2. The molecule has 6 nitrogen and oxygen atoms in total. The highest BCUT2D eigenvalue weighted by Crippen LogP contribution is 2.40. The van der Waals surface area contributed by atoms with Crippen LogP contribution in [0.5, 0.6) is 0 Å². The third kappa shape index (κ3) is 3.27. The highest BCUT2D eigenvalue weighted by molar-refractivity contribution is 7.88. The van der Waals surface area contributed by atoms with Gasteiger partial charge in [-0.1, -0.05) is 6.92 Å². The Bertz CT molecular complexity index is 893. The maximum atomic E-state index is 11.9. The summed E-state index contributed by atoms with van der Waals surface area (Å²) in [7, 11) is -3.13. The van der Waals surface area contributed by atoms with Crippen LogP contribution in [0.1, 0.15) is 30.2 Å². The van der Waals surface area contributed by atoms with Gasteiger partial charge < -0.3 is 4.90 Å². The van der Waals surface area contributed by atoms with Crippen molar-refractivity contribution in [2.75, 3.05) is 37.3 Å². The smallest absolute Gasteiger partial charge is 0.211 e. The first-order valence-corrected chi connectivity index (χ1v) is 11.6. The van der Waals surface area contributed by atoms with Crippen molar-refractivity contribution in [3.8, 4) is 0 Å². The molecule has 4 rings (SSSR count). The summed E-state index contributed by atoms with van der Waals surface area (Å²) in [5.74, 6) is 1.73. The Morgan fingerprint density at radius 3 is 2.84 bits per heavy atom. The minimum absolute atomic E-state index is 0.522. The molecule has 0 radical (unpaired) electrons. The van der Waals surface area contributed by atoms with Gasteiger partial charge >= 0.3 is 0 Å². The molecule has 2 aromatic rings. The van der Waals surface area contributed by atoms with Crippen molar-refractivity contribution in [1.82, 2.24) is 14.3 Å². The normalized spacial score (nSPS) is 22.8. The van der Waals surface area contributed by atoms with Gasteiger partial charge in [-0.2, -0.15) is 0 Å². The van der Waals surface area contributed by atoms with E-state index in [1.165, 1.54) is 28.5 Å². The van der Waals surface area contributed by atoms with E-state index in [1.54, 1.807) is 10.6 Å². The fourth-order valence-corrected chi connectivity index (χ4v) is 6.15. The lowest BCUT2D eigenvalue weighted by atomic mass is 9.89. The summed E-state index contributed by atoms with van der Waals surface area (Å²) >= 11 is 1.81. The van der Waals surface area contributed by atoms with Crippen molar-refractivity contribution in [1.29, 1.82) is 0 Å². The van der Waals surface area contributed by atoms with Crippen molar-refractivity contribution in [2.24, 2.45) is 5.92 Å². The lowest BCUT2D eigenvalue weighted by molar-refractivity contribution is 0.437. The molecule has 0 spiro atoms. The second kappa shape index (κ2) is 6.48.